The number of amides is 1. The van der Waals surface area contributed by atoms with Gasteiger partial charge in [0.2, 0.25) is 5.91 Å². The van der Waals surface area contributed by atoms with E-state index in [4.69, 9.17) is 0 Å². The van der Waals surface area contributed by atoms with E-state index in [1.54, 1.807) is 0 Å². The number of aliphatic hydroxyl groups is 2. The molecule has 0 fully saturated rings. The quantitative estimate of drug-likeness (QED) is 0.0433. The molecule has 0 rings (SSSR count). The van der Waals surface area contributed by atoms with Gasteiger partial charge < -0.3 is 15.5 Å². The SMILES string of the molecule is CC/C=C\C/C=C\C/C=C\C/C=C\C/C=C\C/C=C\C/C=C\C/C=C\CCCCC(=O)NC(CO)C(O)CCCCCCCCCCCCCCCCC. The lowest BCUT2D eigenvalue weighted by Gasteiger charge is -2.22. The summed E-state index contributed by atoms with van der Waals surface area (Å²) in [6, 6.07) is -0.566. The van der Waals surface area contributed by atoms with E-state index in [1.807, 2.05) is 0 Å². The zero-order valence-corrected chi connectivity index (χ0v) is 35.2. The van der Waals surface area contributed by atoms with E-state index in [0.29, 0.717) is 12.8 Å². The van der Waals surface area contributed by atoms with Gasteiger partial charge in [-0.1, -0.05) is 207 Å². The Kier molecular flexibility index (Phi) is 42.5. The molecule has 308 valence electrons. The van der Waals surface area contributed by atoms with Crippen LogP contribution in [-0.2, 0) is 4.79 Å². The van der Waals surface area contributed by atoms with Crippen molar-refractivity contribution in [3.05, 3.63) is 97.2 Å². The number of hydrogen-bond acceptors (Lipinski definition) is 3. The number of nitrogens with one attached hydrogen (secondary N) is 1. The summed E-state index contributed by atoms with van der Waals surface area (Å²) in [5.74, 6) is -0.0779. The van der Waals surface area contributed by atoms with Gasteiger partial charge in [-0.25, -0.2) is 0 Å². The van der Waals surface area contributed by atoms with Gasteiger partial charge in [0.1, 0.15) is 0 Å². The predicted molar refractivity (Wildman–Crippen MR) is 239 cm³/mol. The minimum absolute atomic E-state index is 0.0779. The van der Waals surface area contributed by atoms with Gasteiger partial charge >= 0.3 is 0 Å². The number of aliphatic hydroxyl groups excluding tert-OH is 2. The third-order valence-electron chi connectivity index (χ3n) is 9.61. The maximum Gasteiger partial charge on any atom is 0.220 e. The first-order chi connectivity index (χ1) is 26.7. The van der Waals surface area contributed by atoms with E-state index in [2.05, 4.69) is 116 Å². The molecule has 3 N–H and O–H groups in total. The van der Waals surface area contributed by atoms with Crippen molar-refractivity contribution in [3.8, 4) is 0 Å². The van der Waals surface area contributed by atoms with Crippen molar-refractivity contribution in [2.75, 3.05) is 6.61 Å². The van der Waals surface area contributed by atoms with Crippen LogP contribution in [0.2, 0.25) is 0 Å². The fourth-order valence-corrected chi connectivity index (χ4v) is 6.20. The molecule has 54 heavy (non-hydrogen) atoms. The molecule has 0 aromatic carbocycles. The van der Waals surface area contributed by atoms with Crippen molar-refractivity contribution >= 4 is 5.91 Å². The summed E-state index contributed by atoms with van der Waals surface area (Å²) in [7, 11) is 0. The second-order valence-electron chi connectivity index (χ2n) is 14.7. The molecule has 0 aliphatic rings. The third-order valence-corrected chi connectivity index (χ3v) is 9.61. The summed E-state index contributed by atoms with van der Waals surface area (Å²) in [6.45, 7) is 4.21. The Balaban J connectivity index is 3.71. The molecule has 0 saturated carbocycles. The average Bonchev–Trinajstić information content (AvgIpc) is 3.18. The van der Waals surface area contributed by atoms with Crippen LogP contribution >= 0.6 is 0 Å². The van der Waals surface area contributed by atoms with Crippen molar-refractivity contribution in [2.24, 2.45) is 0 Å². The molecule has 0 saturated heterocycles. The van der Waals surface area contributed by atoms with Gasteiger partial charge in [0.05, 0.1) is 18.8 Å². The highest BCUT2D eigenvalue weighted by molar-refractivity contribution is 5.76. The number of allylic oxidation sites excluding steroid dienone is 16. The van der Waals surface area contributed by atoms with Crippen LogP contribution in [0.5, 0.6) is 0 Å². The number of unbranched alkanes of at least 4 members (excludes halogenated alkanes) is 16. The monoisotopic (exact) mass is 748 g/mol. The van der Waals surface area contributed by atoms with Crippen LogP contribution < -0.4 is 5.32 Å². The van der Waals surface area contributed by atoms with Gasteiger partial charge in [0, 0.05) is 6.42 Å². The molecule has 0 aliphatic heterocycles. The van der Waals surface area contributed by atoms with E-state index >= 15 is 0 Å². The molecule has 0 aromatic rings. The fraction of sp³-hybridized carbons (Fsp3) is 0.660. The van der Waals surface area contributed by atoms with Crippen molar-refractivity contribution in [1.29, 1.82) is 0 Å². The molecule has 4 heteroatoms. The van der Waals surface area contributed by atoms with Gasteiger partial charge in [-0.05, 0) is 77.0 Å². The minimum Gasteiger partial charge on any atom is -0.394 e. The Morgan fingerprint density at radius 2 is 0.815 bits per heavy atom. The molecule has 0 spiro atoms. The number of carbonyl (C=O) groups is 1. The zero-order chi connectivity index (χ0) is 39.3. The van der Waals surface area contributed by atoms with Crippen molar-refractivity contribution in [1.82, 2.24) is 5.32 Å². The summed E-state index contributed by atoms with van der Waals surface area (Å²) < 4.78 is 0. The molecule has 0 bridgehead atoms. The minimum atomic E-state index is -0.684. The summed E-state index contributed by atoms with van der Waals surface area (Å²) in [4.78, 5) is 12.4. The van der Waals surface area contributed by atoms with Gasteiger partial charge in [-0.2, -0.15) is 0 Å². The largest absolute Gasteiger partial charge is 0.394 e. The van der Waals surface area contributed by atoms with Gasteiger partial charge in [-0.15, -0.1) is 0 Å². The Labute approximate surface area is 334 Å². The highest BCUT2D eigenvalue weighted by atomic mass is 16.3. The van der Waals surface area contributed by atoms with Crippen molar-refractivity contribution in [2.45, 2.75) is 206 Å². The topological polar surface area (TPSA) is 69.6 Å². The van der Waals surface area contributed by atoms with Crippen LogP contribution in [0.25, 0.3) is 0 Å². The molecular formula is C50H85NO3. The molecule has 0 aliphatic carbocycles. The smallest absolute Gasteiger partial charge is 0.220 e. The molecule has 2 unspecified atom stereocenters. The summed E-state index contributed by atoms with van der Waals surface area (Å²) >= 11 is 0. The summed E-state index contributed by atoms with van der Waals surface area (Å²) in [6.07, 6.45) is 66.2. The fourth-order valence-electron chi connectivity index (χ4n) is 6.20. The first-order valence-corrected chi connectivity index (χ1v) is 22.4. The van der Waals surface area contributed by atoms with Crippen LogP contribution in [0.3, 0.4) is 0 Å². The van der Waals surface area contributed by atoms with E-state index in [0.717, 1.165) is 83.5 Å². The second kappa shape index (κ2) is 44.7. The maximum atomic E-state index is 12.4. The third kappa shape index (κ3) is 40.5. The Bertz CT molecular complexity index is 1030. The van der Waals surface area contributed by atoms with Gasteiger partial charge in [-0.3, -0.25) is 4.79 Å². The molecule has 0 radical (unpaired) electrons. The van der Waals surface area contributed by atoms with E-state index in [9.17, 15) is 15.0 Å². The molecule has 4 nitrogen and oxygen atoms in total. The number of rotatable bonds is 39. The molecule has 2 atom stereocenters. The Morgan fingerprint density at radius 1 is 0.463 bits per heavy atom. The first-order valence-electron chi connectivity index (χ1n) is 22.4. The van der Waals surface area contributed by atoms with Crippen LogP contribution in [-0.4, -0.2) is 34.9 Å². The van der Waals surface area contributed by atoms with Gasteiger partial charge in [0.25, 0.3) is 0 Å². The van der Waals surface area contributed by atoms with E-state index in [1.165, 1.54) is 83.5 Å². The number of carbonyl (C=O) groups excluding carboxylic acids is 1. The van der Waals surface area contributed by atoms with E-state index in [-0.39, 0.29) is 12.5 Å². The standard InChI is InChI=1S/C50H85NO3/c1-3-5-7-9-11-13-15-17-19-20-21-22-23-24-25-26-27-28-29-30-32-34-36-38-40-42-44-46-50(54)51-48(47-52)49(53)45-43-41-39-37-35-33-31-18-16-14-12-10-8-6-4-2/h5,7,11,13,17,19,21-22,24-25,27-28,30,32,36,38,48-49,52-53H,3-4,6,8-10,12,14-16,18,20,23,26,29,31,33-35,37,39-47H2,1-2H3,(H,51,54)/b7-5-,13-11-,19-17-,22-21-,25-24-,28-27-,32-30-,38-36-. The Morgan fingerprint density at radius 3 is 1.19 bits per heavy atom. The normalized spacial score (nSPS) is 13.9. The Hall–Kier alpha value is -2.69. The summed E-state index contributed by atoms with van der Waals surface area (Å²) in [5.41, 5.74) is 0. The van der Waals surface area contributed by atoms with Crippen LogP contribution in [0, 0.1) is 0 Å². The lowest BCUT2D eigenvalue weighted by atomic mass is 10.0. The van der Waals surface area contributed by atoms with Crippen molar-refractivity contribution in [3.63, 3.8) is 0 Å². The number of hydrogen-bond donors (Lipinski definition) is 3. The first kappa shape index (κ1) is 51.3. The molecule has 0 aromatic heterocycles. The molecule has 0 heterocycles. The highest BCUT2D eigenvalue weighted by Gasteiger charge is 2.19. The highest BCUT2D eigenvalue weighted by Crippen LogP contribution is 2.15. The van der Waals surface area contributed by atoms with Crippen molar-refractivity contribution < 1.29 is 15.0 Å². The predicted octanol–water partition coefficient (Wildman–Crippen LogP) is 14.2. The van der Waals surface area contributed by atoms with Crippen LogP contribution in [0.15, 0.2) is 97.2 Å². The second-order valence-corrected chi connectivity index (χ2v) is 14.7. The zero-order valence-electron chi connectivity index (χ0n) is 35.2. The molecule has 1 amide bonds. The van der Waals surface area contributed by atoms with Crippen LogP contribution in [0.4, 0.5) is 0 Å². The van der Waals surface area contributed by atoms with Gasteiger partial charge in [0.15, 0.2) is 0 Å². The summed E-state index contributed by atoms with van der Waals surface area (Å²) in [5, 5.41) is 23.1. The van der Waals surface area contributed by atoms with Crippen LogP contribution in [0.1, 0.15) is 194 Å². The van der Waals surface area contributed by atoms with E-state index < -0.39 is 12.1 Å². The maximum absolute atomic E-state index is 12.4. The average molecular weight is 748 g/mol. The lowest BCUT2D eigenvalue weighted by molar-refractivity contribution is -0.123. The lowest BCUT2D eigenvalue weighted by Crippen LogP contribution is -2.45. The molecular weight excluding hydrogens is 663 g/mol.